The molecule has 0 aromatic rings. The number of unbranched alkanes of at least 4 members (excludes halogenated alkanes) is 1. The molecule has 0 aromatic carbocycles. The van der Waals surface area contributed by atoms with Crippen molar-refractivity contribution in [1.29, 1.82) is 0 Å². The first kappa shape index (κ1) is 16.7. The molecule has 2 heterocycles. The Balaban J connectivity index is 1.64. The topological polar surface area (TPSA) is 83.7 Å². The average molecular weight is 317 g/mol. The van der Waals surface area contributed by atoms with Crippen LogP contribution in [0.1, 0.15) is 39.0 Å². The van der Waals surface area contributed by atoms with Crippen molar-refractivity contribution in [2.24, 2.45) is 11.1 Å². The number of nitrogens with zero attached hydrogens (tertiary/aromatic N) is 2. The van der Waals surface area contributed by atoms with Gasteiger partial charge >= 0.3 is 0 Å². The Morgan fingerprint density at radius 3 is 2.38 bits per heavy atom. The largest absolute Gasteiger partial charge is 0.341 e. The molecule has 1 atom stereocenters. The van der Waals surface area contributed by atoms with Gasteiger partial charge in [0.15, 0.2) is 0 Å². The van der Waals surface area contributed by atoms with Crippen molar-refractivity contribution in [3.63, 3.8) is 0 Å². The van der Waals surface area contributed by atoms with Crippen molar-refractivity contribution in [2.45, 2.75) is 44.3 Å². The van der Waals surface area contributed by atoms with Crippen LogP contribution < -0.4 is 5.14 Å². The normalized spacial score (nSPS) is 25.7. The van der Waals surface area contributed by atoms with Crippen LogP contribution in [-0.2, 0) is 14.8 Å². The Hall–Kier alpha value is -0.660. The minimum Gasteiger partial charge on any atom is -0.341 e. The number of nitrogens with two attached hydrogens (primary N) is 1. The maximum atomic E-state index is 11.8. The summed E-state index contributed by atoms with van der Waals surface area (Å²) in [6.45, 7) is 6.65. The Morgan fingerprint density at radius 1 is 1.19 bits per heavy atom. The van der Waals surface area contributed by atoms with Gasteiger partial charge in [0.05, 0.1) is 0 Å². The first-order chi connectivity index (χ1) is 9.86. The average Bonchev–Trinajstić information content (AvgIpc) is 2.78. The van der Waals surface area contributed by atoms with Crippen molar-refractivity contribution in [3.8, 4) is 0 Å². The van der Waals surface area contributed by atoms with E-state index >= 15 is 0 Å². The molecule has 2 aliphatic heterocycles. The number of carbonyl (C=O) groups is 1. The lowest BCUT2D eigenvalue weighted by atomic mass is 9.99. The van der Waals surface area contributed by atoms with Crippen LogP contribution in [0.2, 0.25) is 0 Å². The van der Waals surface area contributed by atoms with Gasteiger partial charge in [-0.1, -0.05) is 6.92 Å². The number of amides is 1. The van der Waals surface area contributed by atoms with E-state index in [0.29, 0.717) is 6.54 Å². The molecule has 2 aliphatic rings. The highest BCUT2D eigenvalue weighted by Gasteiger charge is 2.35. The third kappa shape index (κ3) is 4.93. The molecule has 2 fully saturated rings. The van der Waals surface area contributed by atoms with E-state index in [0.717, 1.165) is 25.3 Å². The van der Waals surface area contributed by atoms with Gasteiger partial charge in [-0.2, -0.15) is 0 Å². The van der Waals surface area contributed by atoms with Crippen LogP contribution in [0.3, 0.4) is 0 Å². The molecule has 7 heteroatoms. The molecule has 6 nitrogen and oxygen atoms in total. The highest BCUT2D eigenvalue weighted by atomic mass is 32.2. The van der Waals surface area contributed by atoms with Crippen LogP contribution in [0.25, 0.3) is 0 Å². The van der Waals surface area contributed by atoms with E-state index in [1.54, 1.807) is 4.90 Å². The fourth-order valence-corrected chi connectivity index (χ4v) is 3.86. The van der Waals surface area contributed by atoms with Crippen molar-refractivity contribution in [2.75, 3.05) is 32.7 Å². The summed E-state index contributed by atoms with van der Waals surface area (Å²) >= 11 is 0. The smallest absolute Gasteiger partial charge is 0.224 e. The maximum absolute atomic E-state index is 11.8. The molecule has 21 heavy (non-hydrogen) atoms. The molecule has 0 aromatic heterocycles. The molecule has 0 spiro atoms. The SMILES string of the molecule is CC1CCN(CCCCN2CC(S(N)(=O)=O)CC2=O)CC1. The minimum absolute atomic E-state index is 0.0445. The van der Waals surface area contributed by atoms with Gasteiger partial charge in [0.1, 0.15) is 5.25 Å². The van der Waals surface area contributed by atoms with E-state index in [4.69, 9.17) is 5.14 Å². The molecule has 1 unspecified atom stereocenters. The Labute approximate surface area is 127 Å². The number of hydrogen-bond acceptors (Lipinski definition) is 4. The van der Waals surface area contributed by atoms with Gasteiger partial charge in [-0.05, 0) is 51.2 Å². The molecule has 2 rings (SSSR count). The maximum Gasteiger partial charge on any atom is 0.224 e. The third-order valence-electron chi connectivity index (χ3n) is 4.67. The lowest BCUT2D eigenvalue weighted by Crippen LogP contribution is -2.34. The predicted octanol–water partition coefficient (Wildman–Crippen LogP) is 0.388. The second kappa shape index (κ2) is 7.07. The standard InChI is InChI=1S/C14H27N3O3S/c1-12-4-8-16(9-5-12)6-2-3-7-17-11-13(10-14(17)18)21(15,19)20/h12-13H,2-11H2,1H3,(H2,15,19,20). The minimum atomic E-state index is -3.59. The number of piperidine rings is 1. The van der Waals surface area contributed by atoms with E-state index in [2.05, 4.69) is 11.8 Å². The van der Waals surface area contributed by atoms with Crippen LogP contribution in [0, 0.1) is 5.92 Å². The molecule has 2 N–H and O–H groups in total. The summed E-state index contributed by atoms with van der Waals surface area (Å²) in [6, 6.07) is 0. The molecule has 0 saturated carbocycles. The van der Waals surface area contributed by atoms with Gasteiger partial charge in [0.25, 0.3) is 0 Å². The van der Waals surface area contributed by atoms with Crippen LogP contribution in [0.15, 0.2) is 0 Å². The molecule has 2 saturated heterocycles. The van der Waals surface area contributed by atoms with Gasteiger partial charge in [0.2, 0.25) is 15.9 Å². The Bertz CT molecular complexity index is 458. The fourth-order valence-electron chi connectivity index (χ4n) is 3.10. The quantitative estimate of drug-likeness (QED) is 0.718. The second-order valence-corrected chi connectivity index (χ2v) is 8.33. The molecule has 122 valence electrons. The summed E-state index contributed by atoms with van der Waals surface area (Å²) in [5, 5.41) is 4.40. The molecule has 0 bridgehead atoms. The number of sulfonamides is 1. The van der Waals surface area contributed by atoms with E-state index in [1.165, 1.54) is 25.9 Å². The van der Waals surface area contributed by atoms with Crippen molar-refractivity contribution < 1.29 is 13.2 Å². The van der Waals surface area contributed by atoms with Crippen molar-refractivity contribution in [3.05, 3.63) is 0 Å². The molecule has 0 radical (unpaired) electrons. The molecular formula is C14H27N3O3S. The Morgan fingerprint density at radius 2 is 1.81 bits per heavy atom. The van der Waals surface area contributed by atoms with Crippen LogP contribution in [0.4, 0.5) is 0 Å². The number of likely N-dealkylation sites (tertiary alicyclic amines) is 2. The summed E-state index contributed by atoms with van der Waals surface area (Å²) in [6.07, 6.45) is 4.58. The zero-order chi connectivity index (χ0) is 15.5. The van der Waals surface area contributed by atoms with E-state index in [-0.39, 0.29) is 18.9 Å². The lowest BCUT2D eigenvalue weighted by Gasteiger charge is -2.30. The predicted molar refractivity (Wildman–Crippen MR) is 82.2 cm³/mol. The molecule has 0 aliphatic carbocycles. The van der Waals surface area contributed by atoms with Gasteiger partial charge in [-0.25, -0.2) is 13.6 Å². The van der Waals surface area contributed by atoms with Gasteiger partial charge in [-0.15, -0.1) is 0 Å². The zero-order valence-electron chi connectivity index (χ0n) is 12.8. The van der Waals surface area contributed by atoms with Crippen molar-refractivity contribution >= 4 is 15.9 Å². The van der Waals surface area contributed by atoms with Gasteiger partial charge in [0, 0.05) is 19.5 Å². The van der Waals surface area contributed by atoms with E-state index < -0.39 is 15.3 Å². The monoisotopic (exact) mass is 317 g/mol. The van der Waals surface area contributed by atoms with Crippen LogP contribution >= 0.6 is 0 Å². The van der Waals surface area contributed by atoms with E-state index in [9.17, 15) is 13.2 Å². The summed E-state index contributed by atoms with van der Waals surface area (Å²) in [4.78, 5) is 15.9. The Kier molecular flexibility index (Phi) is 5.62. The highest BCUT2D eigenvalue weighted by molar-refractivity contribution is 7.89. The van der Waals surface area contributed by atoms with Crippen LogP contribution in [-0.4, -0.2) is 62.1 Å². The lowest BCUT2D eigenvalue weighted by molar-refractivity contribution is -0.127. The summed E-state index contributed by atoms with van der Waals surface area (Å²) in [5.41, 5.74) is 0. The summed E-state index contributed by atoms with van der Waals surface area (Å²) in [7, 11) is -3.59. The van der Waals surface area contributed by atoms with Crippen LogP contribution in [0.5, 0.6) is 0 Å². The second-order valence-electron chi connectivity index (χ2n) is 6.49. The number of rotatable bonds is 6. The van der Waals surface area contributed by atoms with E-state index in [1.807, 2.05) is 0 Å². The van der Waals surface area contributed by atoms with Gasteiger partial charge < -0.3 is 9.80 Å². The number of carbonyl (C=O) groups excluding carboxylic acids is 1. The first-order valence-corrected chi connectivity index (χ1v) is 9.49. The highest BCUT2D eigenvalue weighted by Crippen LogP contribution is 2.18. The summed E-state index contributed by atoms with van der Waals surface area (Å²) in [5.74, 6) is 0.763. The third-order valence-corrected chi connectivity index (χ3v) is 5.92. The number of primary sulfonamides is 1. The zero-order valence-corrected chi connectivity index (χ0v) is 13.6. The summed E-state index contributed by atoms with van der Waals surface area (Å²) < 4.78 is 22.6. The first-order valence-electron chi connectivity index (χ1n) is 7.88. The number of hydrogen-bond donors (Lipinski definition) is 1. The fraction of sp³-hybridized carbons (Fsp3) is 0.929. The van der Waals surface area contributed by atoms with Crippen molar-refractivity contribution in [1.82, 2.24) is 9.80 Å². The van der Waals surface area contributed by atoms with Gasteiger partial charge in [-0.3, -0.25) is 4.79 Å². The molecular weight excluding hydrogens is 290 g/mol. The molecule has 1 amide bonds.